The Labute approximate surface area is 198 Å². The SMILES string of the molecule is CC1=C(OCc2ccccc2)C(C)=C(C)C(NS(=O)(=O)NCc2ccc(C(C)(C)C)cc2)N1. The predicted octanol–water partition coefficient (Wildman–Crippen LogP) is 4.62. The van der Waals surface area contributed by atoms with Crippen LogP contribution in [0.3, 0.4) is 0 Å². The van der Waals surface area contributed by atoms with E-state index < -0.39 is 16.4 Å². The summed E-state index contributed by atoms with van der Waals surface area (Å²) in [6.07, 6.45) is -0.546. The van der Waals surface area contributed by atoms with E-state index in [-0.39, 0.29) is 12.0 Å². The lowest BCUT2D eigenvalue weighted by Crippen LogP contribution is -2.51. The fourth-order valence-electron chi connectivity index (χ4n) is 3.63. The molecule has 1 atom stereocenters. The van der Waals surface area contributed by atoms with E-state index in [2.05, 4.69) is 35.5 Å². The van der Waals surface area contributed by atoms with E-state index in [1.165, 1.54) is 5.56 Å². The zero-order valence-electron chi connectivity index (χ0n) is 20.3. The lowest BCUT2D eigenvalue weighted by molar-refractivity contribution is 0.197. The van der Waals surface area contributed by atoms with Crippen molar-refractivity contribution in [3.63, 3.8) is 0 Å². The van der Waals surface area contributed by atoms with E-state index in [1.54, 1.807) is 0 Å². The van der Waals surface area contributed by atoms with E-state index in [0.29, 0.717) is 6.61 Å². The van der Waals surface area contributed by atoms with Crippen LogP contribution in [0.4, 0.5) is 0 Å². The largest absolute Gasteiger partial charge is 0.487 e. The Balaban J connectivity index is 1.61. The number of hydrogen-bond donors (Lipinski definition) is 3. The number of benzene rings is 2. The topological polar surface area (TPSA) is 79.5 Å². The van der Waals surface area contributed by atoms with Gasteiger partial charge in [0.05, 0.1) is 5.70 Å². The van der Waals surface area contributed by atoms with Crippen molar-refractivity contribution in [1.82, 2.24) is 14.8 Å². The summed E-state index contributed by atoms with van der Waals surface area (Å²) < 4.78 is 36.8. The van der Waals surface area contributed by atoms with Gasteiger partial charge < -0.3 is 10.1 Å². The summed E-state index contributed by atoms with van der Waals surface area (Å²) in [7, 11) is -3.73. The molecule has 1 heterocycles. The fraction of sp³-hybridized carbons (Fsp3) is 0.385. The molecule has 1 unspecified atom stereocenters. The maximum Gasteiger partial charge on any atom is 0.279 e. The second-order valence-electron chi connectivity index (χ2n) is 9.50. The van der Waals surface area contributed by atoms with E-state index >= 15 is 0 Å². The summed E-state index contributed by atoms with van der Waals surface area (Å²) >= 11 is 0. The number of dihydropyridines is 1. The molecule has 0 saturated heterocycles. The molecule has 1 aliphatic rings. The van der Waals surface area contributed by atoms with Crippen molar-refractivity contribution in [2.75, 3.05) is 0 Å². The summed E-state index contributed by atoms with van der Waals surface area (Å²) in [6.45, 7) is 12.9. The second kappa shape index (κ2) is 10.1. The molecule has 0 bridgehead atoms. The van der Waals surface area contributed by atoms with Crippen LogP contribution in [0.25, 0.3) is 0 Å². The Hall–Kier alpha value is -2.61. The first-order valence-corrected chi connectivity index (χ1v) is 12.6. The lowest BCUT2D eigenvalue weighted by Gasteiger charge is -2.30. The number of hydrogen-bond acceptors (Lipinski definition) is 4. The average Bonchev–Trinajstić information content (AvgIpc) is 2.76. The molecule has 0 fully saturated rings. The summed E-state index contributed by atoms with van der Waals surface area (Å²) in [5.74, 6) is 0.749. The zero-order chi connectivity index (χ0) is 24.2. The van der Waals surface area contributed by atoms with Gasteiger partial charge in [0.25, 0.3) is 10.2 Å². The first-order chi connectivity index (χ1) is 15.5. The molecule has 1 aliphatic heterocycles. The average molecular weight is 470 g/mol. The molecular formula is C26H35N3O3S. The number of rotatable bonds is 8. The smallest absolute Gasteiger partial charge is 0.279 e. The van der Waals surface area contributed by atoms with Crippen LogP contribution in [0.15, 0.2) is 77.2 Å². The highest BCUT2D eigenvalue weighted by atomic mass is 32.2. The van der Waals surface area contributed by atoms with Gasteiger partial charge in [-0.05, 0) is 54.0 Å². The van der Waals surface area contributed by atoms with Gasteiger partial charge in [-0.2, -0.15) is 17.9 Å². The molecule has 0 radical (unpaired) electrons. The molecule has 0 amide bonds. The van der Waals surface area contributed by atoms with Gasteiger partial charge in [-0.3, -0.25) is 0 Å². The fourth-order valence-corrected chi connectivity index (χ4v) is 4.62. The molecule has 2 aromatic rings. The van der Waals surface area contributed by atoms with Gasteiger partial charge in [-0.1, -0.05) is 75.4 Å². The lowest BCUT2D eigenvalue weighted by atomic mass is 9.87. The molecular weight excluding hydrogens is 434 g/mol. The third-order valence-electron chi connectivity index (χ3n) is 5.85. The zero-order valence-corrected chi connectivity index (χ0v) is 21.1. The van der Waals surface area contributed by atoms with Gasteiger partial charge in [0.15, 0.2) is 0 Å². The Morgan fingerprint density at radius 3 is 2.18 bits per heavy atom. The van der Waals surface area contributed by atoms with Gasteiger partial charge in [0, 0.05) is 6.54 Å². The van der Waals surface area contributed by atoms with Crippen LogP contribution in [-0.2, 0) is 33.5 Å². The molecule has 0 aromatic heterocycles. The van der Waals surface area contributed by atoms with Crippen molar-refractivity contribution < 1.29 is 13.2 Å². The van der Waals surface area contributed by atoms with Crippen LogP contribution in [0.2, 0.25) is 0 Å². The maximum atomic E-state index is 12.7. The van der Waals surface area contributed by atoms with Crippen LogP contribution in [0.5, 0.6) is 0 Å². The van der Waals surface area contributed by atoms with E-state index in [1.807, 2.05) is 75.4 Å². The van der Waals surface area contributed by atoms with Gasteiger partial charge in [0.1, 0.15) is 18.5 Å². The molecule has 3 N–H and O–H groups in total. The molecule has 0 aliphatic carbocycles. The minimum absolute atomic E-state index is 0.0585. The van der Waals surface area contributed by atoms with Crippen LogP contribution < -0.4 is 14.8 Å². The number of ether oxygens (including phenoxy) is 1. The minimum Gasteiger partial charge on any atom is -0.487 e. The molecule has 3 rings (SSSR count). The standard InChI is InChI=1S/C26H35N3O3S/c1-18-19(2)25(28-20(3)24(18)32-17-22-10-8-7-9-11-22)29-33(30,31)27-16-21-12-14-23(15-13-21)26(4,5)6/h7-15,25,27-29H,16-17H2,1-6H3. The molecule has 6 nitrogen and oxygen atoms in total. The monoisotopic (exact) mass is 469 g/mol. The summed E-state index contributed by atoms with van der Waals surface area (Å²) in [5, 5.41) is 3.23. The second-order valence-corrected chi connectivity index (χ2v) is 11.0. The Bertz CT molecular complexity index is 1130. The number of nitrogens with one attached hydrogen (secondary N) is 3. The highest BCUT2D eigenvalue weighted by molar-refractivity contribution is 7.87. The number of allylic oxidation sites excluding steroid dienone is 2. The van der Waals surface area contributed by atoms with Gasteiger partial charge in [-0.15, -0.1) is 0 Å². The van der Waals surface area contributed by atoms with E-state index in [9.17, 15) is 8.42 Å². The summed E-state index contributed by atoms with van der Waals surface area (Å²) in [5.41, 5.74) is 5.83. The van der Waals surface area contributed by atoms with Gasteiger partial charge in [0.2, 0.25) is 0 Å². The van der Waals surface area contributed by atoms with Gasteiger partial charge in [-0.25, -0.2) is 0 Å². The van der Waals surface area contributed by atoms with Crippen molar-refractivity contribution in [1.29, 1.82) is 0 Å². The predicted molar refractivity (Wildman–Crippen MR) is 133 cm³/mol. The van der Waals surface area contributed by atoms with Crippen molar-refractivity contribution in [2.45, 2.75) is 66.3 Å². The molecule has 178 valence electrons. The van der Waals surface area contributed by atoms with Crippen LogP contribution in [0, 0.1) is 0 Å². The molecule has 0 saturated carbocycles. The van der Waals surface area contributed by atoms with Crippen LogP contribution >= 0.6 is 0 Å². The van der Waals surface area contributed by atoms with Crippen molar-refractivity contribution in [3.8, 4) is 0 Å². The van der Waals surface area contributed by atoms with Crippen molar-refractivity contribution in [2.24, 2.45) is 0 Å². The first-order valence-electron chi connectivity index (χ1n) is 11.1. The third-order valence-corrected chi connectivity index (χ3v) is 6.92. The summed E-state index contributed by atoms with van der Waals surface area (Å²) in [4.78, 5) is 0. The molecule has 7 heteroatoms. The summed E-state index contributed by atoms with van der Waals surface area (Å²) in [6, 6.07) is 17.9. The Kier molecular flexibility index (Phi) is 7.67. The van der Waals surface area contributed by atoms with E-state index in [4.69, 9.17) is 4.74 Å². The Morgan fingerprint density at radius 1 is 0.939 bits per heavy atom. The third kappa shape index (κ3) is 6.69. The Morgan fingerprint density at radius 2 is 1.58 bits per heavy atom. The van der Waals surface area contributed by atoms with Crippen LogP contribution in [-0.4, -0.2) is 14.6 Å². The molecule has 0 spiro atoms. The highest BCUT2D eigenvalue weighted by Crippen LogP contribution is 2.26. The first kappa shape index (κ1) is 25.0. The van der Waals surface area contributed by atoms with Crippen LogP contribution in [0.1, 0.15) is 58.2 Å². The quantitative estimate of drug-likeness (QED) is 0.527. The van der Waals surface area contributed by atoms with Gasteiger partial charge >= 0.3 is 0 Å². The van der Waals surface area contributed by atoms with E-state index in [0.717, 1.165) is 33.7 Å². The normalized spacial score (nSPS) is 17.2. The maximum absolute atomic E-state index is 12.7. The van der Waals surface area contributed by atoms with Crippen molar-refractivity contribution in [3.05, 3.63) is 93.9 Å². The molecule has 2 aromatic carbocycles. The van der Waals surface area contributed by atoms with Crippen molar-refractivity contribution >= 4 is 10.2 Å². The molecule has 33 heavy (non-hydrogen) atoms. The highest BCUT2D eigenvalue weighted by Gasteiger charge is 2.27. The minimum atomic E-state index is -3.73.